The fraction of sp³-hybridized carbons (Fsp3) is 0.550. The molecule has 0 unspecified atom stereocenters. The van der Waals surface area contributed by atoms with Crippen LogP contribution in [-0.4, -0.2) is 49.9 Å². The summed E-state index contributed by atoms with van der Waals surface area (Å²) in [7, 11) is 0. The number of carbonyl (C=O) groups excluding carboxylic acids is 1. The van der Waals surface area contributed by atoms with Crippen molar-refractivity contribution in [2.75, 3.05) is 6.61 Å². The molecule has 1 aromatic rings. The van der Waals surface area contributed by atoms with E-state index in [0.717, 1.165) is 5.56 Å². The van der Waals surface area contributed by atoms with Crippen molar-refractivity contribution in [3.8, 4) is 11.8 Å². The van der Waals surface area contributed by atoms with Gasteiger partial charge in [0.2, 0.25) is 0 Å². The van der Waals surface area contributed by atoms with Gasteiger partial charge in [-0.25, -0.2) is 0 Å². The number of carbonyl (C=O) groups is 1. The van der Waals surface area contributed by atoms with Crippen molar-refractivity contribution in [2.45, 2.75) is 64.2 Å². The zero-order valence-electron chi connectivity index (χ0n) is 15.9. The summed E-state index contributed by atoms with van der Waals surface area (Å²) in [5.74, 6) is 8.68. The summed E-state index contributed by atoms with van der Waals surface area (Å²) in [6, 6.07) is 8.13. The van der Waals surface area contributed by atoms with Crippen LogP contribution in [0.5, 0.6) is 0 Å². The molecule has 0 aromatic heterocycles. The Morgan fingerprint density at radius 3 is 2.72 bits per heavy atom. The van der Waals surface area contributed by atoms with Crippen LogP contribution in [0.2, 0.25) is 5.82 Å². The standard InChI is InChI=1S/C20H27NO3Se/c1-19(2,3)24-18(22)21-16(14-23-20(21,4)5)12-9-11-15-10-7-8-13-17(15)25-6/h7-8,10,13,16H,12,14H2,1-6H3/t16-/m0/s1. The average Bonchev–Trinajstić information content (AvgIpc) is 2.81. The summed E-state index contributed by atoms with van der Waals surface area (Å²) in [4.78, 5) is 14.3. The molecule has 1 saturated heterocycles. The summed E-state index contributed by atoms with van der Waals surface area (Å²) < 4.78 is 12.7. The first-order valence-electron chi connectivity index (χ1n) is 8.42. The molecule has 0 radical (unpaired) electrons. The van der Waals surface area contributed by atoms with Crippen LogP contribution in [0.4, 0.5) is 4.79 Å². The molecule has 0 saturated carbocycles. The van der Waals surface area contributed by atoms with Crippen LogP contribution in [0, 0.1) is 11.8 Å². The van der Waals surface area contributed by atoms with Crippen LogP contribution in [0.25, 0.3) is 0 Å². The minimum atomic E-state index is -0.681. The molecule has 2 rings (SSSR count). The Kier molecular flexibility index (Phi) is 6.21. The second-order valence-electron chi connectivity index (χ2n) is 7.47. The Morgan fingerprint density at radius 1 is 1.40 bits per heavy atom. The molecule has 25 heavy (non-hydrogen) atoms. The van der Waals surface area contributed by atoms with E-state index in [1.54, 1.807) is 4.90 Å². The molecule has 0 bridgehead atoms. The second-order valence-corrected chi connectivity index (χ2v) is 9.25. The number of hydrogen-bond acceptors (Lipinski definition) is 3. The van der Waals surface area contributed by atoms with Crippen LogP contribution in [0.15, 0.2) is 24.3 Å². The molecule has 0 spiro atoms. The van der Waals surface area contributed by atoms with Gasteiger partial charge in [-0.1, -0.05) is 0 Å². The molecule has 1 aliphatic heterocycles. The maximum atomic E-state index is 12.6. The fourth-order valence-corrected chi connectivity index (χ4v) is 3.89. The van der Waals surface area contributed by atoms with E-state index in [4.69, 9.17) is 9.47 Å². The van der Waals surface area contributed by atoms with Gasteiger partial charge < -0.3 is 0 Å². The van der Waals surface area contributed by atoms with Gasteiger partial charge in [0.05, 0.1) is 0 Å². The Morgan fingerprint density at radius 2 is 2.08 bits per heavy atom. The molecule has 1 amide bonds. The van der Waals surface area contributed by atoms with E-state index < -0.39 is 11.3 Å². The van der Waals surface area contributed by atoms with Crippen LogP contribution >= 0.6 is 0 Å². The molecule has 136 valence electrons. The van der Waals surface area contributed by atoms with E-state index in [9.17, 15) is 4.79 Å². The van der Waals surface area contributed by atoms with Gasteiger partial charge in [-0.2, -0.15) is 0 Å². The van der Waals surface area contributed by atoms with E-state index in [1.807, 2.05) is 52.8 Å². The van der Waals surface area contributed by atoms with Gasteiger partial charge in [-0.15, -0.1) is 0 Å². The molecule has 1 aliphatic rings. The first-order chi connectivity index (χ1) is 11.6. The topological polar surface area (TPSA) is 38.8 Å². The SMILES string of the molecule is C[Se]c1ccccc1C#CC[C@H]1COC(C)(C)N1C(=O)OC(C)(C)C. The number of nitrogens with zero attached hydrogens (tertiary/aromatic N) is 1. The molecule has 1 atom stereocenters. The molecule has 0 aliphatic carbocycles. The molecular weight excluding hydrogens is 381 g/mol. The number of ether oxygens (including phenoxy) is 2. The number of amides is 1. The summed E-state index contributed by atoms with van der Waals surface area (Å²) in [6.07, 6.45) is 0.215. The molecular formula is C20H27NO3Se. The third kappa shape index (κ3) is 5.25. The zero-order chi connectivity index (χ0) is 18.7. The normalized spacial score (nSPS) is 19.3. The summed E-state index contributed by atoms with van der Waals surface area (Å²) in [5, 5.41) is 0. The van der Waals surface area contributed by atoms with Gasteiger partial charge >= 0.3 is 157 Å². The third-order valence-corrected chi connectivity index (χ3v) is 5.50. The van der Waals surface area contributed by atoms with Gasteiger partial charge in [0.1, 0.15) is 0 Å². The Labute approximate surface area is 157 Å². The van der Waals surface area contributed by atoms with Gasteiger partial charge in [0.15, 0.2) is 0 Å². The van der Waals surface area contributed by atoms with Crippen molar-refractivity contribution < 1.29 is 14.3 Å². The quantitative estimate of drug-likeness (QED) is 0.558. The molecule has 1 fully saturated rings. The van der Waals surface area contributed by atoms with Gasteiger partial charge in [0, 0.05) is 0 Å². The predicted molar refractivity (Wildman–Crippen MR) is 101 cm³/mol. The van der Waals surface area contributed by atoms with Crippen molar-refractivity contribution in [1.29, 1.82) is 0 Å². The first-order valence-corrected chi connectivity index (χ1v) is 11.0. The first kappa shape index (κ1) is 19.8. The number of hydrogen-bond donors (Lipinski definition) is 0. The number of rotatable bonds is 2. The fourth-order valence-electron chi connectivity index (χ4n) is 2.73. The molecule has 4 nitrogen and oxygen atoms in total. The summed E-state index contributed by atoms with van der Waals surface area (Å²) >= 11 is 0.409. The van der Waals surface area contributed by atoms with Crippen LogP contribution < -0.4 is 4.46 Å². The third-order valence-electron chi connectivity index (χ3n) is 3.83. The average molecular weight is 408 g/mol. The van der Waals surface area contributed by atoms with E-state index in [1.165, 1.54) is 4.46 Å². The second kappa shape index (κ2) is 7.83. The molecule has 5 heteroatoms. The maximum absolute atomic E-state index is 12.6. The van der Waals surface area contributed by atoms with Crippen molar-refractivity contribution in [3.05, 3.63) is 29.8 Å². The molecule has 0 N–H and O–H groups in total. The number of benzene rings is 1. The van der Waals surface area contributed by atoms with Gasteiger partial charge in [-0.05, 0) is 0 Å². The zero-order valence-corrected chi connectivity index (χ0v) is 17.6. The van der Waals surface area contributed by atoms with Crippen molar-refractivity contribution >= 4 is 25.5 Å². The van der Waals surface area contributed by atoms with Gasteiger partial charge in [-0.3, -0.25) is 0 Å². The van der Waals surface area contributed by atoms with E-state index >= 15 is 0 Å². The van der Waals surface area contributed by atoms with Crippen molar-refractivity contribution in [2.24, 2.45) is 0 Å². The molecule has 1 heterocycles. The van der Waals surface area contributed by atoms with Crippen molar-refractivity contribution in [1.82, 2.24) is 4.90 Å². The van der Waals surface area contributed by atoms with E-state index in [0.29, 0.717) is 28.0 Å². The summed E-state index contributed by atoms with van der Waals surface area (Å²) in [5.41, 5.74) is -0.139. The van der Waals surface area contributed by atoms with E-state index in [2.05, 4.69) is 23.7 Å². The predicted octanol–water partition coefficient (Wildman–Crippen LogP) is 3.18. The van der Waals surface area contributed by atoms with Crippen LogP contribution in [0.3, 0.4) is 0 Å². The van der Waals surface area contributed by atoms with E-state index in [-0.39, 0.29) is 12.1 Å². The molecule has 1 aromatic carbocycles. The summed E-state index contributed by atoms with van der Waals surface area (Å²) in [6.45, 7) is 9.85. The van der Waals surface area contributed by atoms with Crippen molar-refractivity contribution in [3.63, 3.8) is 0 Å². The van der Waals surface area contributed by atoms with Crippen LogP contribution in [-0.2, 0) is 9.47 Å². The Hall–Kier alpha value is -1.47. The Balaban J connectivity index is 2.13. The monoisotopic (exact) mass is 409 g/mol. The van der Waals surface area contributed by atoms with Crippen LogP contribution in [0.1, 0.15) is 46.6 Å². The Bertz CT molecular complexity index is 682. The van der Waals surface area contributed by atoms with Gasteiger partial charge in [0.25, 0.3) is 0 Å². The minimum absolute atomic E-state index is 0.100.